The average molecular weight is 417 g/mol. The topological polar surface area (TPSA) is 85.9 Å². The molecule has 5 heterocycles. The van der Waals surface area contributed by atoms with Crippen molar-refractivity contribution in [1.82, 2.24) is 25.6 Å². The van der Waals surface area contributed by atoms with E-state index in [1.54, 1.807) is 11.3 Å². The predicted octanol–water partition coefficient (Wildman–Crippen LogP) is 2.62. The molecule has 2 aliphatic rings. The number of thiophene rings is 1. The third-order valence-electron chi connectivity index (χ3n) is 5.79. The van der Waals surface area contributed by atoms with Gasteiger partial charge in [-0.1, -0.05) is 18.2 Å². The van der Waals surface area contributed by atoms with Crippen LogP contribution in [0.4, 0.5) is 5.95 Å². The highest BCUT2D eigenvalue weighted by Gasteiger charge is 2.30. The predicted molar refractivity (Wildman–Crippen MR) is 121 cm³/mol. The lowest BCUT2D eigenvalue weighted by Crippen LogP contribution is -2.44. The van der Waals surface area contributed by atoms with Crippen LogP contribution in [0.3, 0.4) is 0 Å². The van der Waals surface area contributed by atoms with Gasteiger partial charge in [-0.25, -0.2) is 9.97 Å². The largest absolute Gasteiger partial charge is 0.360 e. The first kappa shape index (κ1) is 17.6. The molecule has 0 radical (unpaired) electrons. The maximum atomic E-state index is 13.0. The van der Waals surface area contributed by atoms with E-state index in [-0.39, 0.29) is 5.91 Å². The Bertz CT molecular complexity index is 1310. The Morgan fingerprint density at radius 1 is 1.07 bits per heavy atom. The highest BCUT2D eigenvalue weighted by atomic mass is 32.1. The molecular formula is C22H20N6OS. The zero-order chi connectivity index (χ0) is 20.1. The summed E-state index contributed by atoms with van der Waals surface area (Å²) in [5.74, 6) is 0.609. The molecule has 7 nitrogen and oxygen atoms in total. The number of piperazine rings is 1. The first-order valence-electron chi connectivity index (χ1n) is 10.1. The van der Waals surface area contributed by atoms with Gasteiger partial charge in [0.15, 0.2) is 0 Å². The second-order valence-corrected chi connectivity index (χ2v) is 8.44. The Balaban J connectivity index is 1.60. The molecular weight excluding hydrogens is 396 g/mol. The second kappa shape index (κ2) is 6.93. The van der Waals surface area contributed by atoms with Crippen LogP contribution in [0.2, 0.25) is 0 Å². The number of nitrogens with one attached hydrogen (secondary N) is 3. The van der Waals surface area contributed by atoms with Gasteiger partial charge in [0.2, 0.25) is 5.95 Å². The molecule has 0 atom stereocenters. The van der Waals surface area contributed by atoms with Crippen LogP contribution in [0.5, 0.6) is 0 Å². The number of carbonyl (C=O) groups excluding carboxylic acids is 1. The van der Waals surface area contributed by atoms with Crippen LogP contribution in [-0.2, 0) is 4.79 Å². The number of benzene rings is 1. The zero-order valence-electron chi connectivity index (χ0n) is 16.2. The average Bonchev–Trinajstić information content (AvgIpc) is 3.50. The van der Waals surface area contributed by atoms with Gasteiger partial charge < -0.3 is 20.5 Å². The number of hydrogen-bond donors (Lipinski definition) is 3. The van der Waals surface area contributed by atoms with Crippen molar-refractivity contribution in [2.24, 2.45) is 0 Å². The van der Waals surface area contributed by atoms with Crippen molar-refractivity contribution in [3.8, 4) is 0 Å². The Labute approximate surface area is 176 Å². The smallest absolute Gasteiger partial charge is 0.254 e. The number of aromatic amines is 1. The second-order valence-electron chi connectivity index (χ2n) is 7.53. The number of fused-ring (bicyclic) bond motifs is 2. The van der Waals surface area contributed by atoms with Crippen molar-refractivity contribution >= 4 is 55.5 Å². The molecule has 150 valence electrons. The molecule has 0 aliphatic carbocycles. The molecule has 8 heteroatoms. The molecule has 0 spiro atoms. The Morgan fingerprint density at radius 3 is 2.83 bits per heavy atom. The maximum Gasteiger partial charge on any atom is 0.254 e. The van der Waals surface area contributed by atoms with Crippen molar-refractivity contribution < 1.29 is 4.79 Å². The molecule has 0 saturated carbocycles. The summed E-state index contributed by atoms with van der Waals surface area (Å²) >= 11 is 1.68. The summed E-state index contributed by atoms with van der Waals surface area (Å²) in [4.78, 5) is 28.3. The number of para-hydroxylation sites is 1. The van der Waals surface area contributed by atoms with E-state index in [1.165, 1.54) is 4.70 Å². The number of aromatic nitrogens is 3. The number of nitrogens with zero attached hydrogens (tertiary/aromatic N) is 3. The minimum Gasteiger partial charge on any atom is -0.360 e. The Kier molecular flexibility index (Phi) is 4.07. The SMILES string of the molecule is O=C1NCC(c2c[nH]c3ccsc23)=C1c1nc(N2CCNCC2)nc2ccccc12. The molecule has 4 aromatic rings. The Hall–Kier alpha value is -3.23. The number of carbonyl (C=O) groups is 1. The first-order chi connectivity index (χ1) is 14.8. The maximum absolute atomic E-state index is 13.0. The fourth-order valence-electron chi connectivity index (χ4n) is 4.30. The van der Waals surface area contributed by atoms with Crippen LogP contribution in [0, 0.1) is 0 Å². The van der Waals surface area contributed by atoms with Crippen molar-refractivity contribution in [3.05, 3.63) is 53.2 Å². The highest BCUT2D eigenvalue weighted by Crippen LogP contribution is 2.37. The highest BCUT2D eigenvalue weighted by molar-refractivity contribution is 7.17. The number of amides is 1. The number of H-pyrrole nitrogens is 1. The number of hydrogen-bond acceptors (Lipinski definition) is 6. The van der Waals surface area contributed by atoms with Crippen LogP contribution >= 0.6 is 11.3 Å². The van der Waals surface area contributed by atoms with Gasteiger partial charge >= 0.3 is 0 Å². The molecule has 6 rings (SSSR count). The number of anilines is 1. The minimum absolute atomic E-state index is 0.0778. The van der Waals surface area contributed by atoms with Gasteiger partial charge in [-0.3, -0.25) is 4.79 Å². The molecule has 2 aliphatic heterocycles. The quantitative estimate of drug-likeness (QED) is 0.478. The summed E-state index contributed by atoms with van der Waals surface area (Å²) < 4.78 is 1.17. The Morgan fingerprint density at radius 2 is 1.93 bits per heavy atom. The van der Waals surface area contributed by atoms with Gasteiger partial charge in [0.1, 0.15) is 0 Å². The minimum atomic E-state index is -0.0778. The lowest BCUT2D eigenvalue weighted by molar-refractivity contribution is -0.114. The van der Waals surface area contributed by atoms with Gasteiger partial charge in [0, 0.05) is 49.9 Å². The van der Waals surface area contributed by atoms with Crippen LogP contribution in [0.15, 0.2) is 41.9 Å². The fraction of sp³-hybridized carbons (Fsp3) is 0.227. The standard InChI is InChI=1S/C22H20N6OS/c29-21-18(14(11-25-21)15-12-24-17-5-10-30-20(15)17)19-13-3-1-2-4-16(13)26-22(27-19)28-8-6-23-7-9-28/h1-5,10,12,23-24H,6-9,11H2,(H,25,29). The van der Waals surface area contributed by atoms with Crippen LogP contribution in [0.25, 0.3) is 32.3 Å². The summed E-state index contributed by atoms with van der Waals surface area (Å²) in [7, 11) is 0. The molecule has 30 heavy (non-hydrogen) atoms. The van der Waals surface area contributed by atoms with Crippen LogP contribution < -0.4 is 15.5 Å². The van der Waals surface area contributed by atoms with E-state index < -0.39 is 0 Å². The third kappa shape index (κ3) is 2.72. The van der Waals surface area contributed by atoms with Gasteiger partial charge in [0.25, 0.3) is 5.91 Å². The van der Waals surface area contributed by atoms with E-state index >= 15 is 0 Å². The lowest BCUT2D eigenvalue weighted by Gasteiger charge is -2.28. The summed E-state index contributed by atoms with van der Waals surface area (Å²) in [6.45, 7) is 4.01. The van der Waals surface area contributed by atoms with Crippen molar-refractivity contribution in [1.29, 1.82) is 0 Å². The van der Waals surface area contributed by atoms with E-state index in [9.17, 15) is 4.79 Å². The zero-order valence-corrected chi connectivity index (χ0v) is 17.1. The molecule has 1 aromatic carbocycles. The summed E-state index contributed by atoms with van der Waals surface area (Å²) in [6.07, 6.45) is 2.00. The summed E-state index contributed by atoms with van der Waals surface area (Å²) in [5, 5.41) is 9.36. The summed E-state index contributed by atoms with van der Waals surface area (Å²) in [5.41, 5.74) is 5.38. The summed E-state index contributed by atoms with van der Waals surface area (Å²) in [6, 6.07) is 10.0. The third-order valence-corrected chi connectivity index (χ3v) is 6.74. The van der Waals surface area contributed by atoms with E-state index in [1.807, 2.05) is 30.5 Å². The van der Waals surface area contributed by atoms with Gasteiger partial charge in [-0.15, -0.1) is 11.3 Å². The van der Waals surface area contributed by atoms with Gasteiger partial charge in [-0.2, -0.15) is 0 Å². The van der Waals surface area contributed by atoms with Crippen LogP contribution in [0.1, 0.15) is 11.3 Å². The molecule has 1 fully saturated rings. The van der Waals surface area contributed by atoms with Crippen LogP contribution in [-0.4, -0.2) is 53.6 Å². The van der Waals surface area contributed by atoms with E-state index in [2.05, 4.69) is 32.0 Å². The lowest BCUT2D eigenvalue weighted by atomic mass is 9.99. The molecule has 0 bridgehead atoms. The molecule has 3 N–H and O–H groups in total. The molecule has 1 saturated heterocycles. The number of rotatable bonds is 3. The van der Waals surface area contributed by atoms with Gasteiger partial charge in [0.05, 0.1) is 27.0 Å². The van der Waals surface area contributed by atoms with E-state index in [4.69, 9.17) is 9.97 Å². The molecule has 1 amide bonds. The van der Waals surface area contributed by atoms with E-state index in [0.717, 1.165) is 53.7 Å². The van der Waals surface area contributed by atoms with Crippen molar-refractivity contribution in [2.75, 3.05) is 37.6 Å². The van der Waals surface area contributed by atoms with Crippen molar-refractivity contribution in [3.63, 3.8) is 0 Å². The fourth-order valence-corrected chi connectivity index (χ4v) is 5.20. The monoisotopic (exact) mass is 416 g/mol. The first-order valence-corrected chi connectivity index (χ1v) is 11.0. The normalized spacial score (nSPS) is 17.3. The van der Waals surface area contributed by atoms with Gasteiger partial charge in [-0.05, 0) is 23.1 Å². The molecule has 0 unspecified atom stereocenters. The van der Waals surface area contributed by atoms with Crippen molar-refractivity contribution in [2.45, 2.75) is 0 Å². The van der Waals surface area contributed by atoms with E-state index in [0.29, 0.717) is 23.8 Å². The molecule has 3 aromatic heterocycles.